The first-order chi connectivity index (χ1) is 7.13. The molecule has 0 aromatic carbocycles. The lowest BCUT2D eigenvalue weighted by Gasteiger charge is -2.21. The lowest BCUT2D eigenvalue weighted by Crippen LogP contribution is -2.35. The third-order valence-electron chi connectivity index (χ3n) is 3.16. The van der Waals surface area contributed by atoms with Crippen molar-refractivity contribution < 1.29 is 14.7 Å². The largest absolute Gasteiger partial charge is 0.480 e. The number of hydrogen-bond donors (Lipinski definition) is 1. The number of carbonyl (C=O) groups is 2. The molecular weight excluding hydrogens is 192 g/mol. The molecule has 1 aliphatic rings. The molecule has 1 saturated carbocycles. The summed E-state index contributed by atoms with van der Waals surface area (Å²) >= 11 is 0. The van der Waals surface area contributed by atoms with E-state index in [0.29, 0.717) is 19.3 Å². The second-order valence-electron chi connectivity index (χ2n) is 4.13. The van der Waals surface area contributed by atoms with Gasteiger partial charge in [0.15, 0.2) is 0 Å². The number of Topliss-reactive ketones (excluding diaryl/α,β-unsaturated/α-hetero) is 1. The van der Waals surface area contributed by atoms with Gasteiger partial charge in [-0.15, -0.1) is 0 Å². The molecule has 1 fully saturated rings. The topological polar surface area (TPSA) is 54.4 Å². The standard InChI is InChI=1S/C12H18O3/c1-2-3-4-5-8-12(11(14)15)9-6-7-10(12)13/h2-3H,4-9H2,1H3,(H,14,15)/b3-2+. The number of carbonyl (C=O) groups excluding carboxylic acids is 1. The molecule has 1 atom stereocenters. The average molecular weight is 210 g/mol. The number of rotatable bonds is 5. The molecule has 0 aromatic heterocycles. The third-order valence-corrected chi connectivity index (χ3v) is 3.16. The van der Waals surface area contributed by atoms with Crippen molar-refractivity contribution in [1.82, 2.24) is 0 Å². The molecule has 1 unspecified atom stereocenters. The van der Waals surface area contributed by atoms with Crippen molar-refractivity contribution in [3.63, 3.8) is 0 Å². The van der Waals surface area contributed by atoms with Crippen molar-refractivity contribution in [2.45, 2.75) is 45.4 Å². The van der Waals surface area contributed by atoms with Crippen LogP contribution in [0, 0.1) is 5.41 Å². The highest BCUT2D eigenvalue weighted by molar-refractivity contribution is 6.04. The number of ketones is 1. The highest BCUT2D eigenvalue weighted by Gasteiger charge is 2.47. The van der Waals surface area contributed by atoms with E-state index < -0.39 is 11.4 Å². The molecule has 3 heteroatoms. The summed E-state index contributed by atoms with van der Waals surface area (Å²) in [5, 5.41) is 9.15. The van der Waals surface area contributed by atoms with E-state index in [1.54, 1.807) is 0 Å². The Hall–Kier alpha value is -1.12. The Morgan fingerprint density at radius 1 is 1.60 bits per heavy atom. The van der Waals surface area contributed by atoms with Crippen LogP contribution in [0.1, 0.15) is 45.4 Å². The first-order valence-electron chi connectivity index (χ1n) is 5.51. The van der Waals surface area contributed by atoms with E-state index in [2.05, 4.69) is 0 Å². The van der Waals surface area contributed by atoms with Crippen LogP contribution in [0.4, 0.5) is 0 Å². The Labute approximate surface area is 90.2 Å². The summed E-state index contributed by atoms with van der Waals surface area (Å²) in [4.78, 5) is 22.8. The van der Waals surface area contributed by atoms with Crippen molar-refractivity contribution in [2.24, 2.45) is 5.41 Å². The van der Waals surface area contributed by atoms with E-state index in [-0.39, 0.29) is 5.78 Å². The van der Waals surface area contributed by atoms with Crippen LogP contribution >= 0.6 is 0 Å². The Bertz CT molecular complexity index is 281. The molecule has 1 rings (SSSR count). The fourth-order valence-corrected chi connectivity index (χ4v) is 2.22. The summed E-state index contributed by atoms with van der Waals surface area (Å²) in [7, 11) is 0. The van der Waals surface area contributed by atoms with Crippen LogP contribution in [0.25, 0.3) is 0 Å². The summed E-state index contributed by atoms with van der Waals surface area (Å²) in [5.41, 5.74) is -1.05. The van der Waals surface area contributed by atoms with Crippen molar-refractivity contribution in [1.29, 1.82) is 0 Å². The molecule has 0 radical (unpaired) electrons. The predicted molar refractivity (Wildman–Crippen MR) is 57.6 cm³/mol. The summed E-state index contributed by atoms with van der Waals surface area (Å²) in [5.74, 6) is -0.999. The highest BCUT2D eigenvalue weighted by atomic mass is 16.4. The maximum absolute atomic E-state index is 11.6. The molecule has 1 N–H and O–H groups in total. The number of carboxylic acid groups (broad SMARTS) is 1. The normalized spacial score (nSPS) is 26.3. The number of unbranched alkanes of at least 4 members (excludes halogenated alkanes) is 1. The molecular formula is C12H18O3. The Kier molecular flexibility index (Phi) is 4.06. The van der Waals surface area contributed by atoms with Gasteiger partial charge in [0.2, 0.25) is 0 Å². The average Bonchev–Trinajstić information content (AvgIpc) is 2.56. The van der Waals surface area contributed by atoms with Crippen molar-refractivity contribution in [3.8, 4) is 0 Å². The van der Waals surface area contributed by atoms with Gasteiger partial charge in [-0.3, -0.25) is 9.59 Å². The Balaban J connectivity index is 2.59. The van der Waals surface area contributed by atoms with E-state index in [0.717, 1.165) is 19.3 Å². The van der Waals surface area contributed by atoms with E-state index in [9.17, 15) is 9.59 Å². The zero-order chi connectivity index (χ0) is 11.3. The van der Waals surface area contributed by atoms with Crippen LogP contribution in [-0.2, 0) is 9.59 Å². The summed E-state index contributed by atoms with van der Waals surface area (Å²) < 4.78 is 0. The minimum absolute atomic E-state index is 0.0736. The fourth-order valence-electron chi connectivity index (χ4n) is 2.22. The second-order valence-corrected chi connectivity index (χ2v) is 4.13. The summed E-state index contributed by atoms with van der Waals surface area (Å²) in [6, 6.07) is 0. The quantitative estimate of drug-likeness (QED) is 0.431. The molecule has 0 aliphatic heterocycles. The second kappa shape index (κ2) is 5.10. The van der Waals surface area contributed by atoms with Crippen LogP contribution in [0.5, 0.6) is 0 Å². The number of aliphatic carboxylic acids is 1. The van der Waals surface area contributed by atoms with Gasteiger partial charge in [-0.2, -0.15) is 0 Å². The van der Waals surface area contributed by atoms with Crippen LogP contribution in [0.3, 0.4) is 0 Å². The van der Waals surface area contributed by atoms with Gasteiger partial charge in [0.25, 0.3) is 0 Å². The Morgan fingerprint density at radius 3 is 2.80 bits per heavy atom. The van der Waals surface area contributed by atoms with Crippen LogP contribution < -0.4 is 0 Å². The maximum Gasteiger partial charge on any atom is 0.317 e. The van der Waals surface area contributed by atoms with Crippen molar-refractivity contribution in [3.05, 3.63) is 12.2 Å². The van der Waals surface area contributed by atoms with E-state index in [4.69, 9.17) is 5.11 Å². The first kappa shape index (κ1) is 12.0. The lowest BCUT2D eigenvalue weighted by atomic mass is 9.80. The van der Waals surface area contributed by atoms with E-state index in [1.165, 1.54) is 0 Å². The molecule has 0 saturated heterocycles. The smallest absolute Gasteiger partial charge is 0.317 e. The molecule has 0 heterocycles. The van der Waals surface area contributed by atoms with Gasteiger partial charge in [0, 0.05) is 6.42 Å². The first-order valence-corrected chi connectivity index (χ1v) is 5.51. The van der Waals surface area contributed by atoms with E-state index in [1.807, 2.05) is 19.1 Å². The monoisotopic (exact) mass is 210 g/mol. The SMILES string of the molecule is C/C=C/CCCC1(C(=O)O)CCCC1=O. The van der Waals surface area contributed by atoms with Gasteiger partial charge in [0.1, 0.15) is 11.2 Å². The minimum Gasteiger partial charge on any atom is -0.480 e. The summed E-state index contributed by atoms with van der Waals surface area (Å²) in [6.07, 6.45) is 7.78. The molecule has 0 bridgehead atoms. The third kappa shape index (κ3) is 2.46. The van der Waals surface area contributed by atoms with Gasteiger partial charge in [0.05, 0.1) is 0 Å². The number of hydrogen-bond acceptors (Lipinski definition) is 2. The van der Waals surface area contributed by atoms with Gasteiger partial charge < -0.3 is 5.11 Å². The minimum atomic E-state index is -1.05. The number of allylic oxidation sites excluding steroid dienone is 2. The molecule has 0 aromatic rings. The summed E-state index contributed by atoms with van der Waals surface area (Å²) in [6.45, 7) is 1.94. The van der Waals surface area contributed by atoms with Crippen molar-refractivity contribution >= 4 is 11.8 Å². The fraction of sp³-hybridized carbons (Fsp3) is 0.667. The van der Waals surface area contributed by atoms with Crippen LogP contribution in [0.15, 0.2) is 12.2 Å². The predicted octanol–water partition coefficient (Wildman–Crippen LogP) is 2.56. The molecule has 1 aliphatic carbocycles. The van der Waals surface area contributed by atoms with Crippen LogP contribution in [0.2, 0.25) is 0 Å². The lowest BCUT2D eigenvalue weighted by molar-refractivity contribution is -0.153. The van der Waals surface area contributed by atoms with Gasteiger partial charge in [-0.1, -0.05) is 12.2 Å². The molecule has 0 spiro atoms. The highest BCUT2D eigenvalue weighted by Crippen LogP contribution is 2.39. The molecule has 84 valence electrons. The Morgan fingerprint density at radius 2 is 2.33 bits per heavy atom. The zero-order valence-electron chi connectivity index (χ0n) is 9.16. The molecule has 3 nitrogen and oxygen atoms in total. The van der Waals surface area contributed by atoms with Crippen LogP contribution in [-0.4, -0.2) is 16.9 Å². The van der Waals surface area contributed by atoms with Gasteiger partial charge in [-0.05, 0) is 39.0 Å². The zero-order valence-corrected chi connectivity index (χ0v) is 9.16. The number of carboxylic acids is 1. The van der Waals surface area contributed by atoms with Gasteiger partial charge >= 0.3 is 5.97 Å². The molecule has 0 amide bonds. The van der Waals surface area contributed by atoms with Gasteiger partial charge in [-0.25, -0.2) is 0 Å². The maximum atomic E-state index is 11.6. The van der Waals surface area contributed by atoms with E-state index >= 15 is 0 Å². The molecule has 15 heavy (non-hydrogen) atoms. The van der Waals surface area contributed by atoms with Crippen molar-refractivity contribution in [2.75, 3.05) is 0 Å².